The van der Waals surface area contributed by atoms with Gasteiger partial charge in [0.25, 0.3) is 0 Å². The van der Waals surface area contributed by atoms with Crippen LogP contribution >= 0.6 is 12.6 Å². The molecule has 2 aromatic rings. The Morgan fingerprint density at radius 2 is 1.68 bits per heavy atom. The minimum absolute atomic E-state index is 0.129. The van der Waals surface area contributed by atoms with Crippen molar-refractivity contribution in [2.24, 2.45) is 0 Å². The molecule has 2 heterocycles. The first-order valence-corrected chi connectivity index (χ1v) is 11.2. The van der Waals surface area contributed by atoms with Crippen molar-refractivity contribution >= 4 is 22.7 Å². The first-order valence-electron chi connectivity index (χ1n) is 9.31. The highest BCUT2D eigenvalue weighted by atomic mass is 32.2. The summed E-state index contributed by atoms with van der Waals surface area (Å²) < 4.78 is 45.7. The third-order valence-electron chi connectivity index (χ3n) is 4.99. The van der Waals surface area contributed by atoms with E-state index in [1.807, 2.05) is 24.3 Å². The van der Waals surface area contributed by atoms with Gasteiger partial charge in [0.15, 0.2) is 11.5 Å². The lowest BCUT2D eigenvalue weighted by Gasteiger charge is -2.36. The molecule has 2 aromatic carbocycles. The molecule has 0 aliphatic carbocycles. The molecule has 28 heavy (non-hydrogen) atoms. The smallest absolute Gasteiger partial charge is 0.243 e. The minimum Gasteiger partial charge on any atom is -0.486 e. The van der Waals surface area contributed by atoms with Crippen LogP contribution in [0.5, 0.6) is 11.5 Å². The summed E-state index contributed by atoms with van der Waals surface area (Å²) in [7, 11) is -3.69. The Labute approximate surface area is 170 Å². The van der Waals surface area contributed by atoms with Gasteiger partial charge in [0.05, 0.1) is 11.4 Å². The van der Waals surface area contributed by atoms with Gasteiger partial charge in [-0.25, -0.2) is 8.42 Å². The van der Waals surface area contributed by atoms with Gasteiger partial charge in [0, 0.05) is 24.2 Å². The van der Waals surface area contributed by atoms with Crippen molar-refractivity contribution in [3.63, 3.8) is 0 Å². The van der Waals surface area contributed by atoms with Crippen LogP contribution in [-0.4, -0.2) is 51.2 Å². The van der Waals surface area contributed by atoms with E-state index in [0.29, 0.717) is 44.2 Å². The summed E-state index contributed by atoms with van der Waals surface area (Å²) >= 11 is 4.25. The first kappa shape index (κ1) is 19.6. The Bertz CT molecular complexity index is 910. The molecule has 0 amide bonds. The molecule has 1 unspecified atom stereocenters. The number of sulfonamides is 1. The van der Waals surface area contributed by atoms with Crippen LogP contribution in [0.15, 0.2) is 58.3 Å². The fourth-order valence-electron chi connectivity index (χ4n) is 3.52. The van der Waals surface area contributed by atoms with E-state index in [1.54, 1.807) is 28.6 Å². The Hall–Kier alpha value is -1.74. The van der Waals surface area contributed by atoms with Crippen LogP contribution in [-0.2, 0) is 14.8 Å². The van der Waals surface area contributed by atoms with E-state index < -0.39 is 10.0 Å². The lowest BCUT2D eigenvalue weighted by molar-refractivity contribution is 0.0336. The number of para-hydroxylation sites is 2. The molecule has 1 atom stereocenters. The first-order chi connectivity index (χ1) is 13.5. The molecule has 150 valence electrons. The van der Waals surface area contributed by atoms with E-state index in [-0.39, 0.29) is 23.6 Å². The minimum atomic E-state index is -3.69. The van der Waals surface area contributed by atoms with Crippen LogP contribution in [0.25, 0.3) is 0 Å². The van der Waals surface area contributed by atoms with E-state index in [1.165, 1.54) is 0 Å². The highest BCUT2D eigenvalue weighted by Gasteiger charge is 2.36. The molecule has 6 nitrogen and oxygen atoms in total. The highest BCUT2D eigenvalue weighted by Crippen LogP contribution is 2.32. The summed E-state index contributed by atoms with van der Waals surface area (Å²) in [5, 5.41) is 0. The van der Waals surface area contributed by atoms with Crippen LogP contribution in [0.4, 0.5) is 0 Å². The van der Waals surface area contributed by atoms with Crippen LogP contribution in [0.3, 0.4) is 0 Å². The quantitative estimate of drug-likeness (QED) is 0.752. The zero-order chi connectivity index (χ0) is 19.6. The number of ether oxygens (including phenoxy) is 3. The number of fused-ring (bicyclic) bond motifs is 1. The molecular formula is C20H23NO5S2. The lowest BCUT2D eigenvalue weighted by Crippen LogP contribution is -2.49. The largest absolute Gasteiger partial charge is 0.486 e. The highest BCUT2D eigenvalue weighted by molar-refractivity contribution is 7.89. The number of hydrogen-bond acceptors (Lipinski definition) is 6. The average molecular weight is 422 g/mol. The SMILES string of the molecule is O=S(=O)(c1ccc(S)cc1)N(CC1COc2ccccc2O1)C1CCOCC1. The molecule has 0 aromatic heterocycles. The second-order valence-corrected chi connectivity index (χ2v) is 9.32. The van der Waals surface area contributed by atoms with Crippen LogP contribution < -0.4 is 9.47 Å². The molecule has 0 N–H and O–H groups in total. The number of hydrogen-bond donors (Lipinski definition) is 1. The number of benzene rings is 2. The molecule has 0 radical (unpaired) electrons. The third kappa shape index (κ3) is 4.15. The fourth-order valence-corrected chi connectivity index (χ4v) is 5.39. The van der Waals surface area contributed by atoms with E-state index in [0.717, 1.165) is 4.90 Å². The lowest BCUT2D eigenvalue weighted by atomic mass is 10.1. The summed E-state index contributed by atoms with van der Waals surface area (Å²) in [5.74, 6) is 1.33. The molecule has 0 saturated carbocycles. The van der Waals surface area contributed by atoms with Crippen molar-refractivity contribution in [2.75, 3.05) is 26.4 Å². The van der Waals surface area contributed by atoms with E-state index >= 15 is 0 Å². The maximum absolute atomic E-state index is 13.4. The van der Waals surface area contributed by atoms with E-state index in [4.69, 9.17) is 14.2 Å². The van der Waals surface area contributed by atoms with Gasteiger partial charge in [0.2, 0.25) is 10.0 Å². The summed E-state index contributed by atoms with van der Waals surface area (Å²) in [6.07, 6.45) is 0.943. The Balaban J connectivity index is 1.60. The normalized spacial score (nSPS) is 20.3. The Kier molecular flexibility index (Phi) is 5.82. The Morgan fingerprint density at radius 3 is 2.39 bits per heavy atom. The van der Waals surface area contributed by atoms with Crippen LogP contribution in [0, 0.1) is 0 Å². The van der Waals surface area contributed by atoms with Gasteiger partial charge in [-0.2, -0.15) is 4.31 Å². The van der Waals surface area contributed by atoms with Crippen molar-refractivity contribution in [3.05, 3.63) is 48.5 Å². The Morgan fingerprint density at radius 1 is 1.00 bits per heavy atom. The number of rotatable bonds is 5. The monoisotopic (exact) mass is 421 g/mol. The van der Waals surface area contributed by atoms with E-state index in [2.05, 4.69) is 12.6 Å². The zero-order valence-corrected chi connectivity index (χ0v) is 17.1. The molecular weight excluding hydrogens is 398 g/mol. The maximum Gasteiger partial charge on any atom is 0.243 e. The topological polar surface area (TPSA) is 65.1 Å². The van der Waals surface area contributed by atoms with Gasteiger partial charge >= 0.3 is 0 Å². The van der Waals surface area contributed by atoms with E-state index in [9.17, 15) is 8.42 Å². The summed E-state index contributed by atoms with van der Waals surface area (Å²) in [6.45, 7) is 1.64. The molecule has 1 fully saturated rings. The zero-order valence-electron chi connectivity index (χ0n) is 15.4. The van der Waals surface area contributed by atoms with Crippen molar-refractivity contribution in [1.29, 1.82) is 0 Å². The van der Waals surface area contributed by atoms with Crippen molar-refractivity contribution in [3.8, 4) is 11.5 Å². The van der Waals surface area contributed by atoms with Crippen molar-refractivity contribution in [2.45, 2.75) is 34.8 Å². The second kappa shape index (κ2) is 8.32. The molecule has 4 rings (SSSR count). The predicted octanol–water partition coefficient (Wildman–Crippen LogP) is 2.99. The van der Waals surface area contributed by atoms with Gasteiger partial charge in [-0.05, 0) is 49.2 Å². The molecule has 2 aliphatic heterocycles. The van der Waals surface area contributed by atoms with Gasteiger partial charge in [-0.15, -0.1) is 12.6 Å². The van der Waals surface area contributed by atoms with Gasteiger partial charge in [-0.3, -0.25) is 0 Å². The third-order valence-corrected chi connectivity index (χ3v) is 7.22. The average Bonchev–Trinajstić information content (AvgIpc) is 2.73. The van der Waals surface area contributed by atoms with Gasteiger partial charge in [0.1, 0.15) is 12.7 Å². The number of nitrogens with zero attached hydrogens (tertiary/aromatic N) is 1. The molecule has 2 aliphatic rings. The fraction of sp³-hybridized carbons (Fsp3) is 0.400. The van der Waals surface area contributed by atoms with Gasteiger partial charge in [-0.1, -0.05) is 12.1 Å². The standard InChI is InChI=1S/C20H23NO5S2/c22-28(23,18-7-5-17(27)6-8-18)21(15-9-11-24-12-10-15)13-16-14-25-19-3-1-2-4-20(19)26-16/h1-8,15-16,27H,9-14H2. The predicted molar refractivity (Wildman–Crippen MR) is 108 cm³/mol. The molecule has 0 spiro atoms. The summed E-state index contributed by atoms with van der Waals surface area (Å²) in [6, 6.07) is 13.9. The van der Waals surface area contributed by atoms with Gasteiger partial charge < -0.3 is 14.2 Å². The summed E-state index contributed by atoms with van der Waals surface area (Å²) in [5.41, 5.74) is 0. The van der Waals surface area contributed by atoms with Crippen molar-refractivity contribution in [1.82, 2.24) is 4.31 Å². The van der Waals surface area contributed by atoms with Crippen LogP contribution in [0.1, 0.15) is 12.8 Å². The van der Waals surface area contributed by atoms with Crippen LogP contribution in [0.2, 0.25) is 0 Å². The summed E-state index contributed by atoms with van der Waals surface area (Å²) in [4.78, 5) is 0.978. The molecule has 8 heteroatoms. The molecule has 1 saturated heterocycles. The van der Waals surface area contributed by atoms with Crippen molar-refractivity contribution < 1.29 is 22.6 Å². The maximum atomic E-state index is 13.4. The molecule has 0 bridgehead atoms. The number of thiol groups is 1. The second-order valence-electron chi connectivity index (χ2n) is 6.91.